The molecule has 7 rings (SSSR count). The number of hydrogen-bond donors (Lipinski definition) is 2. The molecule has 0 amide bonds. The van der Waals surface area contributed by atoms with Crippen LogP contribution in [-0.4, -0.2) is 42.1 Å². The van der Waals surface area contributed by atoms with E-state index in [2.05, 4.69) is 135 Å². The molecule has 1 heterocycles. The molecule has 6 heteroatoms. The Morgan fingerprint density at radius 3 is 1.28 bits per heavy atom. The Labute approximate surface area is 343 Å². The molecule has 0 bridgehead atoms. The Bertz CT molecular complexity index is 2110. The first kappa shape index (κ1) is 45.7. The largest absolute Gasteiger partial charge is 0.507 e. The van der Waals surface area contributed by atoms with E-state index >= 15 is 0 Å². The van der Waals surface area contributed by atoms with Gasteiger partial charge >= 0.3 is 0 Å². The maximum absolute atomic E-state index is 10.8. The van der Waals surface area contributed by atoms with Gasteiger partial charge in [0.05, 0.1) is 16.7 Å². The summed E-state index contributed by atoms with van der Waals surface area (Å²) in [6.07, 6.45) is 1.55. The van der Waals surface area contributed by atoms with Crippen molar-refractivity contribution in [2.75, 3.05) is 0 Å². The molecular formula is C47H57NO2P2Pb. The van der Waals surface area contributed by atoms with Crippen molar-refractivity contribution in [2.45, 2.75) is 74.6 Å². The summed E-state index contributed by atoms with van der Waals surface area (Å²) in [5.41, 5.74) is 13.7. The molecule has 6 aromatic carbocycles. The van der Waals surface area contributed by atoms with Gasteiger partial charge in [-0.2, -0.15) is 0 Å². The van der Waals surface area contributed by atoms with E-state index in [1.54, 1.807) is 0 Å². The fourth-order valence-corrected chi connectivity index (χ4v) is 6.92. The van der Waals surface area contributed by atoms with E-state index < -0.39 is 0 Å². The van der Waals surface area contributed by atoms with Crippen molar-refractivity contribution in [2.24, 2.45) is 0 Å². The van der Waals surface area contributed by atoms with Crippen LogP contribution in [0.4, 0.5) is 0 Å². The molecule has 1 aromatic heterocycles. The summed E-state index contributed by atoms with van der Waals surface area (Å²) in [6.45, 7) is 18.3. The van der Waals surface area contributed by atoms with E-state index in [0.29, 0.717) is 11.5 Å². The van der Waals surface area contributed by atoms with Crippen LogP contribution in [0.2, 0.25) is 0 Å². The van der Waals surface area contributed by atoms with Gasteiger partial charge in [0.15, 0.2) is 0 Å². The van der Waals surface area contributed by atoms with Gasteiger partial charge in [-0.25, -0.2) is 0 Å². The molecule has 0 aliphatic heterocycles. The number of aromatic nitrogens is 1. The second kappa shape index (κ2) is 22.7. The molecular weight excluding hydrogens is 880 g/mol. The number of benzene rings is 6. The number of rotatable bonds is 4. The van der Waals surface area contributed by atoms with Crippen molar-refractivity contribution in [3.8, 4) is 28.3 Å². The Kier molecular flexibility index (Phi) is 19.5. The van der Waals surface area contributed by atoms with E-state index in [1.165, 1.54) is 38.6 Å². The van der Waals surface area contributed by atoms with Crippen LogP contribution in [0.5, 0.6) is 11.5 Å². The zero-order valence-corrected chi connectivity index (χ0v) is 39.2. The van der Waals surface area contributed by atoms with Gasteiger partial charge in [0.2, 0.25) is 0 Å². The number of hydrogen-bond acceptors (Lipinski definition) is 2. The molecule has 0 aliphatic carbocycles. The first-order valence-electron chi connectivity index (χ1n) is 18.3. The van der Waals surface area contributed by atoms with Gasteiger partial charge < -0.3 is 14.8 Å². The van der Waals surface area contributed by atoms with Gasteiger partial charge in [-0.1, -0.05) is 136 Å². The summed E-state index contributed by atoms with van der Waals surface area (Å²) in [7, 11) is 5.31. The molecule has 53 heavy (non-hydrogen) atoms. The van der Waals surface area contributed by atoms with Crippen molar-refractivity contribution in [3.05, 3.63) is 160 Å². The molecule has 2 N–H and O–H groups in total. The predicted octanol–water partition coefficient (Wildman–Crippen LogP) is 13.2. The normalized spacial score (nSPS) is 9.94. The number of phenolic OH excluding ortho intramolecular Hbond substituents is 2. The third-order valence-electron chi connectivity index (χ3n) is 8.68. The zero-order valence-electron chi connectivity index (χ0n) is 33.0. The second-order valence-electron chi connectivity index (χ2n) is 12.3. The summed E-state index contributed by atoms with van der Waals surface area (Å²) >= 11 is 0. The maximum atomic E-state index is 10.8. The Hall–Kier alpha value is -3.50. The number of aryl methyl sites for hydroxylation is 5. The van der Waals surface area contributed by atoms with Gasteiger partial charge in [0, 0.05) is 43.6 Å². The minimum Gasteiger partial charge on any atom is -0.507 e. The van der Waals surface area contributed by atoms with Crippen LogP contribution in [0.15, 0.2) is 121 Å². The molecule has 0 aliphatic rings. The Balaban J connectivity index is 0.000000279. The Morgan fingerprint density at radius 2 is 0.849 bits per heavy atom. The molecule has 3 nitrogen and oxygen atoms in total. The smallest absolute Gasteiger partial charge is 0.143 e. The topological polar surface area (TPSA) is 45.4 Å². The molecule has 276 valence electrons. The summed E-state index contributed by atoms with van der Waals surface area (Å²) < 4.78 is 2.16. The molecule has 0 fully saturated rings. The van der Waals surface area contributed by atoms with E-state index in [1.807, 2.05) is 71.9 Å². The molecule has 0 saturated carbocycles. The fourth-order valence-electron chi connectivity index (χ4n) is 6.30. The molecule has 2 atom stereocenters. The van der Waals surface area contributed by atoms with Gasteiger partial charge in [-0.05, 0) is 104 Å². The van der Waals surface area contributed by atoms with Crippen LogP contribution in [0.3, 0.4) is 0 Å². The predicted molar refractivity (Wildman–Crippen MR) is 241 cm³/mol. The fraction of sp³-hybridized carbons (Fsp3) is 0.234. The average molecular weight is 937 g/mol. The van der Waals surface area contributed by atoms with E-state index in [9.17, 15) is 10.2 Å². The Morgan fingerprint density at radius 1 is 0.472 bits per heavy atom. The first-order valence-corrected chi connectivity index (χ1v) is 19.9. The van der Waals surface area contributed by atoms with Crippen molar-refractivity contribution in [3.63, 3.8) is 0 Å². The third kappa shape index (κ3) is 11.3. The number of nitrogens with zero attached hydrogens (tertiary/aromatic N) is 1. The molecule has 7 aromatic rings. The molecule has 0 spiro atoms. The summed E-state index contributed by atoms with van der Waals surface area (Å²) in [5.74, 6) is 0.794. The van der Waals surface area contributed by atoms with Gasteiger partial charge in [0.25, 0.3) is 0 Å². The number of aromatic hydroxyl groups is 2. The van der Waals surface area contributed by atoms with Crippen LogP contribution in [0, 0.1) is 34.6 Å². The third-order valence-corrected chi connectivity index (χ3v) is 9.56. The molecule has 2 unspecified atom stereocenters. The standard InChI is InChI=1S/C20H18NOP.C14H14.C9H13OP.2C2H6.Pb/c1-13-10-14(12-23)20(22)19(11-13)21-17-8-4-2-6-15(17)16-7-3-5-9-18(16)21;1-11-7-3-5-9-13(11)14-10-6-4-8-12(14)2;1-6-3-7(2)9(10)8(4-6)5-11;2*1-2;/h2-11,22H,12,23H2,1H3;3-10H,1-2H3;3-4,10H,5,11H2,1-2H3;2*1-2H3;. The van der Waals surface area contributed by atoms with Crippen LogP contribution >= 0.6 is 18.5 Å². The van der Waals surface area contributed by atoms with E-state index in [4.69, 9.17) is 0 Å². The van der Waals surface area contributed by atoms with Crippen molar-refractivity contribution in [1.29, 1.82) is 0 Å². The summed E-state index contributed by atoms with van der Waals surface area (Å²) in [4.78, 5) is 0. The van der Waals surface area contributed by atoms with Gasteiger partial charge in [0.1, 0.15) is 11.5 Å². The monoisotopic (exact) mass is 937 g/mol. The number of phenols is 2. The maximum Gasteiger partial charge on any atom is 0.143 e. The number of fused-ring (bicyclic) bond motifs is 3. The van der Waals surface area contributed by atoms with Gasteiger partial charge in [-0.3, -0.25) is 0 Å². The average Bonchev–Trinajstić information content (AvgIpc) is 3.51. The zero-order chi connectivity index (χ0) is 38.4. The van der Waals surface area contributed by atoms with Crippen LogP contribution < -0.4 is 0 Å². The quantitative estimate of drug-likeness (QED) is 0.136. The second-order valence-corrected chi connectivity index (χ2v) is 13.1. The van der Waals surface area contributed by atoms with Crippen molar-refractivity contribution < 1.29 is 10.2 Å². The minimum absolute atomic E-state index is 0. The minimum atomic E-state index is 0. The molecule has 4 radical (unpaired) electrons. The van der Waals surface area contributed by atoms with Crippen molar-refractivity contribution >= 4 is 67.6 Å². The van der Waals surface area contributed by atoms with Crippen LogP contribution in [0.1, 0.15) is 66.6 Å². The molecule has 0 saturated heterocycles. The SMILES string of the molecule is CC.CC.Cc1cc(C)c(O)c(CP)c1.Cc1cc(CP)c(O)c(-n2c3ccccc3c3ccccc32)c1.Cc1ccccc1-c1ccccc1C.[Pb]. The first-order chi connectivity index (χ1) is 25.1. The summed E-state index contributed by atoms with van der Waals surface area (Å²) in [5, 5.41) is 22.7. The van der Waals surface area contributed by atoms with Crippen LogP contribution in [0.25, 0.3) is 38.6 Å². The van der Waals surface area contributed by atoms with Gasteiger partial charge in [-0.15, -0.1) is 18.5 Å². The van der Waals surface area contributed by atoms with Crippen LogP contribution in [-0.2, 0) is 12.3 Å². The van der Waals surface area contributed by atoms with E-state index in [0.717, 1.165) is 51.3 Å². The number of para-hydroxylation sites is 2. The summed E-state index contributed by atoms with van der Waals surface area (Å²) in [6, 6.07) is 41.8. The van der Waals surface area contributed by atoms with Crippen molar-refractivity contribution in [1.82, 2.24) is 4.57 Å². The van der Waals surface area contributed by atoms with E-state index in [-0.39, 0.29) is 27.3 Å².